The van der Waals surface area contributed by atoms with Crippen molar-refractivity contribution in [2.75, 3.05) is 19.7 Å². The van der Waals surface area contributed by atoms with E-state index in [-0.39, 0.29) is 17.6 Å². The first-order valence-corrected chi connectivity index (χ1v) is 8.55. The van der Waals surface area contributed by atoms with Crippen LogP contribution in [0.3, 0.4) is 0 Å². The van der Waals surface area contributed by atoms with Crippen LogP contribution in [0.2, 0.25) is 0 Å². The molecule has 2 aromatic rings. The summed E-state index contributed by atoms with van der Waals surface area (Å²) >= 11 is 0. The van der Waals surface area contributed by atoms with Gasteiger partial charge in [0, 0.05) is 24.2 Å². The van der Waals surface area contributed by atoms with Crippen molar-refractivity contribution < 1.29 is 9.53 Å². The molecule has 1 aromatic heterocycles. The van der Waals surface area contributed by atoms with Crippen LogP contribution in [0, 0.1) is 13.8 Å². The van der Waals surface area contributed by atoms with Gasteiger partial charge in [0.15, 0.2) is 0 Å². The summed E-state index contributed by atoms with van der Waals surface area (Å²) in [5, 5.41) is 0. The van der Waals surface area contributed by atoms with Crippen LogP contribution < -0.4 is 5.56 Å². The highest BCUT2D eigenvalue weighted by atomic mass is 16.5. The molecular weight excluding hydrogens is 318 g/mol. The van der Waals surface area contributed by atoms with E-state index in [9.17, 15) is 9.59 Å². The van der Waals surface area contributed by atoms with Crippen LogP contribution in [-0.4, -0.2) is 40.5 Å². The number of carbonyl (C=O) groups excluding carboxylic acids is 1. The minimum Gasteiger partial charge on any atom is -0.370 e. The molecule has 1 saturated heterocycles. The number of rotatable bonds is 4. The van der Waals surface area contributed by atoms with Crippen LogP contribution in [0.15, 0.2) is 35.1 Å². The summed E-state index contributed by atoms with van der Waals surface area (Å²) in [6.45, 7) is 5.22. The molecule has 0 aliphatic carbocycles. The van der Waals surface area contributed by atoms with Crippen molar-refractivity contribution in [3.05, 3.63) is 63.3 Å². The second-order valence-corrected chi connectivity index (χ2v) is 6.33. The predicted molar refractivity (Wildman–Crippen MR) is 94.4 cm³/mol. The average Bonchev–Trinajstić information content (AvgIpc) is 2.61. The number of H-pyrrole nitrogens is 1. The van der Waals surface area contributed by atoms with Gasteiger partial charge in [-0.2, -0.15) is 0 Å². The fraction of sp³-hybridized carbons (Fsp3) is 0.421. The summed E-state index contributed by atoms with van der Waals surface area (Å²) in [7, 11) is 0. The number of aromatic amines is 1. The minimum absolute atomic E-state index is 0.0450. The minimum atomic E-state index is -0.151. The number of ether oxygens (including phenoxy) is 1. The molecule has 0 saturated carbocycles. The molecule has 1 aliphatic rings. The average molecular weight is 341 g/mol. The van der Waals surface area contributed by atoms with Gasteiger partial charge in [-0.05, 0) is 25.8 Å². The maximum absolute atomic E-state index is 12.6. The van der Waals surface area contributed by atoms with Gasteiger partial charge in [0.1, 0.15) is 11.9 Å². The number of aromatic nitrogens is 2. The predicted octanol–water partition coefficient (Wildman–Crippen LogP) is 1.92. The Morgan fingerprint density at radius 3 is 2.80 bits per heavy atom. The first kappa shape index (κ1) is 17.4. The molecule has 1 unspecified atom stereocenters. The van der Waals surface area contributed by atoms with Crippen LogP contribution in [0.1, 0.15) is 35.2 Å². The molecule has 0 spiro atoms. The molecule has 1 fully saturated rings. The van der Waals surface area contributed by atoms with Gasteiger partial charge in [-0.15, -0.1) is 0 Å². The van der Waals surface area contributed by atoms with E-state index < -0.39 is 0 Å². The third-order valence-corrected chi connectivity index (χ3v) is 4.52. The topological polar surface area (TPSA) is 75.3 Å². The van der Waals surface area contributed by atoms with Crippen molar-refractivity contribution in [2.24, 2.45) is 0 Å². The monoisotopic (exact) mass is 341 g/mol. The van der Waals surface area contributed by atoms with E-state index >= 15 is 0 Å². The lowest BCUT2D eigenvalue weighted by molar-refractivity contribution is -0.139. The van der Waals surface area contributed by atoms with Crippen molar-refractivity contribution in [1.82, 2.24) is 14.9 Å². The Balaban J connectivity index is 1.63. The Morgan fingerprint density at radius 1 is 1.32 bits per heavy atom. The number of aryl methyl sites for hydroxylation is 2. The number of morpholine rings is 1. The van der Waals surface area contributed by atoms with Crippen LogP contribution >= 0.6 is 0 Å². The van der Waals surface area contributed by atoms with Crippen molar-refractivity contribution in [3.8, 4) is 0 Å². The number of nitrogens with zero attached hydrogens (tertiary/aromatic N) is 2. The normalized spacial score (nSPS) is 17.5. The van der Waals surface area contributed by atoms with E-state index in [1.807, 2.05) is 42.2 Å². The lowest BCUT2D eigenvalue weighted by Crippen LogP contribution is -2.42. The molecule has 25 heavy (non-hydrogen) atoms. The highest BCUT2D eigenvalue weighted by molar-refractivity contribution is 5.76. The number of carbonyl (C=O) groups is 1. The van der Waals surface area contributed by atoms with Crippen LogP contribution in [-0.2, 0) is 16.0 Å². The number of amides is 1. The van der Waals surface area contributed by atoms with Crippen molar-refractivity contribution in [1.29, 1.82) is 0 Å². The van der Waals surface area contributed by atoms with Crippen LogP contribution in [0.4, 0.5) is 0 Å². The fourth-order valence-electron chi connectivity index (χ4n) is 3.18. The smallest absolute Gasteiger partial charge is 0.254 e. The largest absolute Gasteiger partial charge is 0.370 e. The quantitative estimate of drug-likeness (QED) is 0.922. The van der Waals surface area contributed by atoms with E-state index in [2.05, 4.69) is 9.97 Å². The third kappa shape index (κ3) is 4.14. The summed E-state index contributed by atoms with van der Waals surface area (Å²) < 4.78 is 5.80. The number of benzene rings is 1. The van der Waals surface area contributed by atoms with Gasteiger partial charge in [-0.3, -0.25) is 9.59 Å². The molecule has 1 N–H and O–H groups in total. The fourth-order valence-corrected chi connectivity index (χ4v) is 3.18. The Hall–Kier alpha value is -2.47. The molecule has 1 amide bonds. The molecule has 2 heterocycles. The molecule has 0 bridgehead atoms. The lowest BCUT2D eigenvalue weighted by atomic mass is 10.1. The Kier molecular flexibility index (Phi) is 5.28. The van der Waals surface area contributed by atoms with Crippen molar-refractivity contribution in [2.45, 2.75) is 32.8 Å². The maximum Gasteiger partial charge on any atom is 0.254 e. The second-order valence-electron chi connectivity index (χ2n) is 6.33. The number of hydrogen-bond acceptors (Lipinski definition) is 4. The lowest BCUT2D eigenvalue weighted by Gasteiger charge is -2.33. The van der Waals surface area contributed by atoms with Crippen LogP contribution in [0.25, 0.3) is 0 Å². The number of nitrogens with one attached hydrogen (secondary N) is 1. The maximum atomic E-state index is 12.6. The molecule has 3 rings (SSSR count). The van der Waals surface area contributed by atoms with E-state index in [0.29, 0.717) is 49.6 Å². The van der Waals surface area contributed by atoms with Crippen molar-refractivity contribution >= 4 is 5.91 Å². The van der Waals surface area contributed by atoms with E-state index in [1.165, 1.54) is 0 Å². The van der Waals surface area contributed by atoms with E-state index in [0.717, 1.165) is 5.56 Å². The second kappa shape index (κ2) is 7.61. The van der Waals surface area contributed by atoms with Crippen LogP contribution in [0.5, 0.6) is 0 Å². The molecule has 6 heteroatoms. The summed E-state index contributed by atoms with van der Waals surface area (Å²) in [6.07, 6.45) is 0.613. The summed E-state index contributed by atoms with van der Waals surface area (Å²) in [6, 6.07) is 9.93. The van der Waals surface area contributed by atoms with Gasteiger partial charge in [0.2, 0.25) is 5.91 Å². The van der Waals surface area contributed by atoms with Gasteiger partial charge in [-0.1, -0.05) is 30.3 Å². The summed E-state index contributed by atoms with van der Waals surface area (Å²) in [4.78, 5) is 33.4. The van der Waals surface area contributed by atoms with Gasteiger partial charge >= 0.3 is 0 Å². The zero-order valence-electron chi connectivity index (χ0n) is 14.6. The highest BCUT2D eigenvalue weighted by Gasteiger charge is 2.25. The Labute approximate surface area is 146 Å². The first-order valence-electron chi connectivity index (χ1n) is 8.55. The summed E-state index contributed by atoms with van der Waals surface area (Å²) in [5.74, 6) is 0.639. The molecule has 6 nitrogen and oxygen atoms in total. The Bertz CT molecular complexity index is 801. The first-order chi connectivity index (χ1) is 12.0. The molecule has 1 atom stereocenters. The van der Waals surface area contributed by atoms with E-state index in [4.69, 9.17) is 4.74 Å². The SMILES string of the molecule is Cc1nc(C)c(CCC(=O)N2CCOC(c3ccccc3)C2)c(=O)[nH]1. The zero-order valence-corrected chi connectivity index (χ0v) is 14.6. The number of hydrogen-bond donors (Lipinski definition) is 1. The molecular formula is C19H23N3O3. The molecule has 1 aromatic carbocycles. The van der Waals surface area contributed by atoms with Gasteiger partial charge in [0.05, 0.1) is 13.2 Å². The van der Waals surface area contributed by atoms with Gasteiger partial charge in [0.25, 0.3) is 5.56 Å². The molecule has 1 aliphatic heterocycles. The zero-order chi connectivity index (χ0) is 17.8. The third-order valence-electron chi connectivity index (χ3n) is 4.52. The Morgan fingerprint density at radius 2 is 2.08 bits per heavy atom. The standard InChI is InChI=1S/C19H23N3O3/c1-13-16(19(24)21-14(2)20-13)8-9-18(23)22-10-11-25-17(12-22)15-6-4-3-5-7-15/h3-7,17H,8-12H2,1-2H3,(H,20,21,24). The molecule has 132 valence electrons. The summed E-state index contributed by atoms with van der Waals surface area (Å²) in [5.41, 5.74) is 2.21. The van der Waals surface area contributed by atoms with Gasteiger partial charge in [-0.25, -0.2) is 4.98 Å². The van der Waals surface area contributed by atoms with E-state index in [1.54, 1.807) is 6.92 Å². The molecule has 0 radical (unpaired) electrons. The van der Waals surface area contributed by atoms with Gasteiger partial charge < -0.3 is 14.6 Å². The highest BCUT2D eigenvalue weighted by Crippen LogP contribution is 2.22. The van der Waals surface area contributed by atoms with Crippen molar-refractivity contribution in [3.63, 3.8) is 0 Å².